The maximum Gasteiger partial charge on any atom is 0.219 e. The number of hydrogen-bond donors (Lipinski definition) is 1. The summed E-state index contributed by atoms with van der Waals surface area (Å²) in [5.74, 6) is 1.70. The second kappa shape index (κ2) is 5.41. The number of rotatable bonds is 3. The van der Waals surface area contributed by atoms with Crippen molar-refractivity contribution in [1.82, 2.24) is 4.98 Å². The van der Waals surface area contributed by atoms with Crippen LogP contribution in [0.25, 0.3) is 0 Å². The van der Waals surface area contributed by atoms with Gasteiger partial charge >= 0.3 is 0 Å². The van der Waals surface area contributed by atoms with Crippen LogP contribution in [0.3, 0.4) is 0 Å². The molecular weight excluding hydrogens is 252 g/mol. The van der Waals surface area contributed by atoms with E-state index >= 15 is 0 Å². The average molecular weight is 272 g/mol. The topological polar surface area (TPSA) is 57.4 Å². The van der Waals surface area contributed by atoms with E-state index in [1.807, 2.05) is 18.3 Å². The number of nitrogens with two attached hydrogens (primary N) is 1. The molecule has 0 atom stereocenters. The minimum absolute atomic E-state index is 0.0698. The fourth-order valence-corrected chi connectivity index (χ4v) is 1.77. The molecule has 4 heteroatoms. The third-order valence-electron chi connectivity index (χ3n) is 3.00. The molecule has 0 unspecified atom stereocenters. The van der Waals surface area contributed by atoms with E-state index in [1.165, 1.54) is 0 Å². The van der Waals surface area contributed by atoms with Gasteiger partial charge in [0.25, 0.3) is 0 Å². The molecule has 0 aliphatic heterocycles. The normalized spacial score (nSPS) is 11.2. The van der Waals surface area contributed by atoms with Crippen LogP contribution in [0.4, 0.5) is 5.69 Å². The van der Waals surface area contributed by atoms with E-state index in [4.69, 9.17) is 15.2 Å². The van der Waals surface area contributed by atoms with E-state index in [9.17, 15) is 0 Å². The van der Waals surface area contributed by atoms with Gasteiger partial charge in [-0.05, 0) is 23.1 Å². The maximum atomic E-state index is 5.76. The number of anilines is 1. The fraction of sp³-hybridized carbons (Fsp3) is 0.312. The molecule has 106 valence electrons. The molecule has 20 heavy (non-hydrogen) atoms. The van der Waals surface area contributed by atoms with Gasteiger partial charge in [-0.3, -0.25) is 0 Å². The van der Waals surface area contributed by atoms with Gasteiger partial charge in [0.1, 0.15) is 0 Å². The first-order chi connectivity index (χ1) is 9.40. The Bertz CT molecular complexity index is 586. The minimum atomic E-state index is 0.0698. The summed E-state index contributed by atoms with van der Waals surface area (Å²) in [5, 5.41) is 0. The SMILES string of the molecule is COc1ccc(N)cc1Oc1ccc(C(C)(C)C)cn1. The summed E-state index contributed by atoms with van der Waals surface area (Å²) in [7, 11) is 1.59. The highest BCUT2D eigenvalue weighted by atomic mass is 16.5. The molecule has 0 aliphatic carbocycles. The zero-order valence-corrected chi connectivity index (χ0v) is 12.3. The molecule has 2 N–H and O–H groups in total. The van der Waals surface area contributed by atoms with Gasteiger partial charge in [-0.1, -0.05) is 26.8 Å². The van der Waals surface area contributed by atoms with Gasteiger partial charge in [0, 0.05) is 24.0 Å². The zero-order chi connectivity index (χ0) is 14.8. The van der Waals surface area contributed by atoms with Crippen molar-refractivity contribution < 1.29 is 9.47 Å². The van der Waals surface area contributed by atoms with Crippen molar-refractivity contribution in [2.45, 2.75) is 26.2 Å². The van der Waals surface area contributed by atoms with Crippen LogP contribution in [0.5, 0.6) is 17.4 Å². The number of aromatic nitrogens is 1. The summed E-state index contributed by atoms with van der Waals surface area (Å²) in [6.45, 7) is 6.43. The number of benzene rings is 1. The van der Waals surface area contributed by atoms with Crippen molar-refractivity contribution >= 4 is 5.69 Å². The second-order valence-corrected chi connectivity index (χ2v) is 5.65. The van der Waals surface area contributed by atoms with E-state index < -0.39 is 0 Å². The van der Waals surface area contributed by atoms with Crippen LogP contribution in [0.15, 0.2) is 36.5 Å². The summed E-state index contributed by atoms with van der Waals surface area (Å²) in [4.78, 5) is 4.33. The maximum absolute atomic E-state index is 5.76. The molecule has 0 bridgehead atoms. The summed E-state index contributed by atoms with van der Waals surface area (Å²) in [6.07, 6.45) is 1.83. The predicted octanol–water partition coefficient (Wildman–Crippen LogP) is 3.76. The van der Waals surface area contributed by atoms with E-state index in [2.05, 4.69) is 25.8 Å². The molecule has 0 aliphatic rings. The van der Waals surface area contributed by atoms with Crippen molar-refractivity contribution in [3.8, 4) is 17.4 Å². The van der Waals surface area contributed by atoms with Crippen LogP contribution < -0.4 is 15.2 Å². The lowest BCUT2D eigenvalue weighted by atomic mass is 9.88. The van der Waals surface area contributed by atoms with Gasteiger partial charge in [0.2, 0.25) is 5.88 Å². The summed E-state index contributed by atoms with van der Waals surface area (Å²) < 4.78 is 11.0. The first kappa shape index (κ1) is 14.2. The molecule has 0 fully saturated rings. The highest BCUT2D eigenvalue weighted by molar-refractivity contribution is 5.52. The smallest absolute Gasteiger partial charge is 0.219 e. The Morgan fingerprint density at radius 1 is 1.05 bits per heavy atom. The molecule has 0 amide bonds. The molecule has 2 aromatic rings. The van der Waals surface area contributed by atoms with Crippen molar-refractivity contribution in [3.05, 3.63) is 42.1 Å². The van der Waals surface area contributed by atoms with Crippen LogP contribution >= 0.6 is 0 Å². The van der Waals surface area contributed by atoms with Crippen LogP contribution in [0, 0.1) is 0 Å². The van der Waals surface area contributed by atoms with Gasteiger partial charge in [0.05, 0.1) is 7.11 Å². The van der Waals surface area contributed by atoms with Gasteiger partial charge in [0.15, 0.2) is 11.5 Å². The van der Waals surface area contributed by atoms with Crippen LogP contribution in [0.2, 0.25) is 0 Å². The zero-order valence-electron chi connectivity index (χ0n) is 12.3. The number of ether oxygens (including phenoxy) is 2. The van der Waals surface area contributed by atoms with Crippen molar-refractivity contribution in [3.63, 3.8) is 0 Å². The summed E-state index contributed by atoms with van der Waals surface area (Å²) in [6, 6.07) is 9.12. The van der Waals surface area contributed by atoms with Gasteiger partial charge in [-0.25, -0.2) is 4.98 Å². The third-order valence-corrected chi connectivity index (χ3v) is 3.00. The molecule has 4 nitrogen and oxygen atoms in total. The minimum Gasteiger partial charge on any atom is -0.493 e. The van der Waals surface area contributed by atoms with E-state index in [0.717, 1.165) is 5.56 Å². The molecule has 0 radical (unpaired) electrons. The fourth-order valence-electron chi connectivity index (χ4n) is 1.77. The highest BCUT2D eigenvalue weighted by Gasteiger charge is 2.14. The van der Waals surface area contributed by atoms with E-state index in [1.54, 1.807) is 25.3 Å². The Kier molecular flexibility index (Phi) is 3.84. The van der Waals surface area contributed by atoms with Gasteiger partial charge < -0.3 is 15.2 Å². The van der Waals surface area contributed by atoms with Crippen LogP contribution in [-0.4, -0.2) is 12.1 Å². The van der Waals surface area contributed by atoms with Crippen LogP contribution in [0.1, 0.15) is 26.3 Å². The van der Waals surface area contributed by atoms with Gasteiger partial charge in [-0.15, -0.1) is 0 Å². The molecule has 0 saturated carbocycles. The first-order valence-corrected chi connectivity index (χ1v) is 6.48. The number of pyridine rings is 1. The number of methoxy groups -OCH3 is 1. The Morgan fingerprint density at radius 3 is 2.35 bits per heavy atom. The molecule has 2 rings (SSSR count). The molecular formula is C16H20N2O2. The lowest BCUT2D eigenvalue weighted by Gasteiger charge is -2.18. The molecule has 0 saturated heterocycles. The average Bonchev–Trinajstić information content (AvgIpc) is 2.38. The van der Waals surface area contributed by atoms with Crippen LogP contribution in [-0.2, 0) is 5.41 Å². The summed E-state index contributed by atoms with van der Waals surface area (Å²) in [5.41, 5.74) is 7.61. The van der Waals surface area contributed by atoms with Crippen molar-refractivity contribution in [1.29, 1.82) is 0 Å². The monoisotopic (exact) mass is 272 g/mol. The lowest BCUT2D eigenvalue weighted by Crippen LogP contribution is -2.11. The lowest BCUT2D eigenvalue weighted by molar-refractivity contribution is 0.374. The first-order valence-electron chi connectivity index (χ1n) is 6.48. The Hall–Kier alpha value is -2.23. The number of nitrogen functional groups attached to an aromatic ring is 1. The molecule has 1 heterocycles. The molecule has 1 aromatic heterocycles. The Labute approximate surface area is 119 Å². The highest BCUT2D eigenvalue weighted by Crippen LogP contribution is 2.33. The largest absolute Gasteiger partial charge is 0.493 e. The van der Waals surface area contributed by atoms with Crippen molar-refractivity contribution in [2.75, 3.05) is 12.8 Å². The quantitative estimate of drug-likeness (QED) is 0.864. The summed E-state index contributed by atoms with van der Waals surface area (Å²) >= 11 is 0. The van der Waals surface area contributed by atoms with E-state index in [-0.39, 0.29) is 5.41 Å². The predicted molar refractivity (Wildman–Crippen MR) is 80.4 cm³/mol. The third kappa shape index (κ3) is 3.20. The standard InChI is InChI=1S/C16H20N2O2/c1-16(2,3)11-5-8-15(18-10-11)20-14-9-12(17)6-7-13(14)19-4/h5-10H,17H2,1-4H3. The van der Waals surface area contributed by atoms with Gasteiger partial charge in [-0.2, -0.15) is 0 Å². The van der Waals surface area contributed by atoms with Crippen molar-refractivity contribution in [2.24, 2.45) is 0 Å². The molecule has 1 aromatic carbocycles. The number of hydrogen-bond acceptors (Lipinski definition) is 4. The van der Waals surface area contributed by atoms with E-state index in [0.29, 0.717) is 23.1 Å². The Morgan fingerprint density at radius 2 is 1.80 bits per heavy atom. The Balaban J connectivity index is 2.24. The second-order valence-electron chi connectivity index (χ2n) is 5.65. The number of nitrogens with zero attached hydrogens (tertiary/aromatic N) is 1. The molecule has 0 spiro atoms.